The summed E-state index contributed by atoms with van der Waals surface area (Å²) in [6.45, 7) is 2.64. The maximum atomic E-state index is 13.1. The third kappa shape index (κ3) is 9.68. The topological polar surface area (TPSA) is 191 Å². The Morgan fingerprint density at radius 3 is 2.03 bits per heavy atom. The van der Waals surface area contributed by atoms with Crippen LogP contribution in [0.15, 0.2) is 24.3 Å². The Hall–Kier alpha value is -2.83. The predicted octanol–water partition coefficient (Wildman–Crippen LogP) is -1.05. The van der Waals surface area contributed by atoms with E-state index in [4.69, 9.17) is 10.8 Å². The number of rotatable bonds is 13. The number of benzene rings is 1. The van der Waals surface area contributed by atoms with Crippen molar-refractivity contribution >= 4 is 35.5 Å². The number of phenolic OH excluding ortho intramolecular Hbond substituents is 1. The number of hydrogen-bond donors (Lipinski definition) is 7. The van der Waals surface area contributed by atoms with Gasteiger partial charge in [-0.1, -0.05) is 12.1 Å². The Bertz CT molecular complexity index is 819. The number of aromatic hydroxyl groups is 1. The van der Waals surface area contributed by atoms with Crippen molar-refractivity contribution < 1.29 is 34.5 Å². The number of thioether (sulfide) groups is 1. The molecule has 0 fully saturated rings. The van der Waals surface area contributed by atoms with Gasteiger partial charge in [-0.25, -0.2) is 0 Å². The molecule has 1 aromatic carbocycles. The van der Waals surface area contributed by atoms with E-state index in [1.54, 1.807) is 12.1 Å². The van der Waals surface area contributed by atoms with Gasteiger partial charge in [-0.15, -0.1) is 0 Å². The number of carboxylic acids is 1. The van der Waals surface area contributed by atoms with Gasteiger partial charge >= 0.3 is 5.97 Å². The number of nitrogens with one attached hydrogen (secondary N) is 3. The van der Waals surface area contributed by atoms with Crippen LogP contribution in [0, 0.1) is 0 Å². The Morgan fingerprint density at radius 1 is 0.970 bits per heavy atom. The first-order chi connectivity index (χ1) is 15.5. The van der Waals surface area contributed by atoms with Crippen LogP contribution in [-0.4, -0.2) is 81.3 Å². The number of carboxylic acid groups (broad SMARTS) is 1. The van der Waals surface area contributed by atoms with Crippen molar-refractivity contribution in [2.45, 2.75) is 57.0 Å². The molecule has 0 radical (unpaired) electrons. The molecule has 0 aliphatic rings. The lowest BCUT2D eigenvalue weighted by Gasteiger charge is -2.25. The van der Waals surface area contributed by atoms with Crippen molar-refractivity contribution in [3.8, 4) is 5.75 Å². The average molecular weight is 485 g/mol. The third-order valence-corrected chi connectivity index (χ3v) is 5.45. The van der Waals surface area contributed by atoms with Crippen molar-refractivity contribution in [2.75, 3.05) is 12.0 Å². The molecule has 0 bridgehead atoms. The molecule has 0 aliphatic heterocycles. The van der Waals surface area contributed by atoms with Crippen molar-refractivity contribution in [1.82, 2.24) is 16.0 Å². The monoisotopic (exact) mass is 484 g/mol. The number of aliphatic hydroxyl groups excluding tert-OH is 1. The first-order valence-electron chi connectivity index (χ1n) is 10.3. The van der Waals surface area contributed by atoms with E-state index in [1.165, 1.54) is 37.7 Å². The molecular weight excluding hydrogens is 452 g/mol. The van der Waals surface area contributed by atoms with E-state index in [-0.39, 0.29) is 18.6 Å². The fourth-order valence-corrected chi connectivity index (χ4v) is 3.19. The highest BCUT2D eigenvalue weighted by molar-refractivity contribution is 7.98. The van der Waals surface area contributed by atoms with E-state index in [9.17, 15) is 29.4 Å². The molecular formula is C21H32N4O7S. The summed E-state index contributed by atoms with van der Waals surface area (Å²) >= 11 is 1.44. The minimum Gasteiger partial charge on any atom is -0.508 e. The summed E-state index contributed by atoms with van der Waals surface area (Å²) in [6.07, 6.45) is 0.923. The Kier molecular flexibility index (Phi) is 11.7. The summed E-state index contributed by atoms with van der Waals surface area (Å²) < 4.78 is 0. The highest BCUT2D eigenvalue weighted by Crippen LogP contribution is 2.12. The van der Waals surface area contributed by atoms with Gasteiger partial charge in [0.05, 0.1) is 6.10 Å². The second-order valence-electron chi connectivity index (χ2n) is 7.61. The fraction of sp³-hybridized carbons (Fsp3) is 0.524. The Labute approximate surface area is 196 Å². The standard InChI is InChI=1S/C21H32N4O7S/c1-11(21(31)32)23-18(28)15(8-9-33-3)24-19(29)16(25-20(30)17(22)12(2)26)10-13-4-6-14(27)7-5-13/h4-7,11-12,15-17,26-27H,8-10,22H2,1-3H3,(H,23,28)(H,24,29)(H,25,30)(H,31,32). The lowest BCUT2D eigenvalue weighted by atomic mass is 10.0. The van der Waals surface area contributed by atoms with Crippen molar-refractivity contribution in [3.05, 3.63) is 29.8 Å². The molecule has 3 amide bonds. The van der Waals surface area contributed by atoms with E-state index < -0.39 is 54.0 Å². The van der Waals surface area contributed by atoms with Crippen LogP contribution in [0.3, 0.4) is 0 Å². The Morgan fingerprint density at radius 2 is 1.52 bits per heavy atom. The lowest BCUT2D eigenvalue weighted by Crippen LogP contribution is -2.58. The number of amides is 3. The van der Waals surface area contributed by atoms with Gasteiger partial charge in [-0.3, -0.25) is 19.2 Å². The zero-order chi connectivity index (χ0) is 25.1. The molecule has 1 rings (SSSR count). The van der Waals surface area contributed by atoms with Gasteiger partial charge in [0.2, 0.25) is 17.7 Å². The van der Waals surface area contributed by atoms with E-state index in [2.05, 4.69) is 16.0 Å². The molecule has 33 heavy (non-hydrogen) atoms. The normalized spacial score (nSPS) is 15.4. The number of carbonyl (C=O) groups excluding carboxylic acids is 3. The molecule has 0 saturated heterocycles. The van der Waals surface area contributed by atoms with E-state index in [0.717, 1.165) is 0 Å². The van der Waals surface area contributed by atoms with Gasteiger partial charge in [0, 0.05) is 6.42 Å². The molecule has 12 heteroatoms. The van der Waals surface area contributed by atoms with Crippen LogP contribution < -0.4 is 21.7 Å². The van der Waals surface area contributed by atoms with Crippen LogP contribution in [0.1, 0.15) is 25.8 Å². The van der Waals surface area contributed by atoms with Crippen molar-refractivity contribution in [3.63, 3.8) is 0 Å². The summed E-state index contributed by atoms with van der Waals surface area (Å²) in [5.74, 6) is -2.78. The quantitative estimate of drug-likeness (QED) is 0.183. The van der Waals surface area contributed by atoms with E-state index >= 15 is 0 Å². The van der Waals surface area contributed by atoms with Gasteiger partial charge < -0.3 is 37.0 Å². The molecule has 0 spiro atoms. The van der Waals surface area contributed by atoms with Crippen molar-refractivity contribution in [2.24, 2.45) is 5.73 Å². The molecule has 1 aromatic rings. The zero-order valence-corrected chi connectivity index (χ0v) is 19.6. The summed E-state index contributed by atoms with van der Waals surface area (Å²) in [4.78, 5) is 49.1. The van der Waals surface area contributed by atoms with E-state index in [0.29, 0.717) is 11.3 Å². The van der Waals surface area contributed by atoms with Gasteiger partial charge in [0.25, 0.3) is 0 Å². The maximum Gasteiger partial charge on any atom is 0.325 e. The second kappa shape index (κ2) is 13.7. The third-order valence-electron chi connectivity index (χ3n) is 4.80. The number of aliphatic carboxylic acids is 1. The van der Waals surface area contributed by atoms with Gasteiger partial charge in [-0.2, -0.15) is 11.8 Å². The van der Waals surface area contributed by atoms with E-state index in [1.807, 2.05) is 6.26 Å². The smallest absolute Gasteiger partial charge is 0.325 e. The highest BCUT2D eigenvalue weighted by atomic mass is 32.2. The predicted molar refractivity (Wildman–Crippen MR) is 124 cm³/mol. The fourth-order valence-electron chi connectivity index (χ4n) is 2.72. The summed E-state index contributed by atoms with van der Waals surface area (Å²) in [6, 6.07) is 1.40. The number of nitrogens with two attached hydrogens (primary N) is 1. The van der Waals surface area contributed by atoms with Gasteiger partial charge in [0.1, 0.15) is 29.9 Å². The first kappa shape index (κ1) is 28.2. The Balaban J connectivity index is 3.07. The largest absolute Gasteiger partial charge is 0.508 e. The van der Waals surface area contributed by atoms with Gasteiger partial charge in [-0.05, 0) is 50.0 Å². The van der Waals surface area contributed by atoms with Crippen LogP contribution in [0.25, 0.3) is 0 Å². The molecule has 8 N–H and O–H groups in total. The molecule has 0 heterocycles. The molecule has 0 aromatic heterocycles. The summed E-state index contributed by atoms with van der Waals surface area (Å²) in [5, 5.41) is 35.5. The zero-order valence-electron chi connectivity index (χ0n) is 18.8. The molecule has 184 valence electrons. The minimum absolute atomic E-state index is 0.0206. The number of hydrogen-bond acceptors (Lipinski definition) is 8. The molecule has 0 saturated carbocycles. The maximum absolute atomic E-state index is 13.1. The highest BCUT2D eigenvalue weighted by Gasteiger charge is 2.30. The van der Waals surface area contributed by atoms with Crippen LogP contribution in [0.5, 0.6) is 5.75 Å². The SMILES string of the molecule is CSCCC(NC(=O)C(Cc1ccc(O)cc1)NC(=O)C(N)C(C)O)C(=O)NC(C)C(=O)O. The van der Waals surface area contributed by atoms with Crippen LogP contribution in [-0.2, 0) is 25.6 Å². The number of carbonyl (C=O) groups is 4. The molecule has 0 aliphatic carbocycles. The molecule has 11 nitrogen and oxygen atoms in total. The molecule has 5 unspecified atom stereocenters. The van der Waals surface area contributed by atoms with Crippen LogP contribution in [0.2, 0.25) is 0 Å². The van der Waals surface area contributed by atoms with Crippen LogP contribution >= 0.6 is 11.8 Å². The van der Waals surface area contributed by atoms with Crippen molar-refractivity contribution in [1.29, 1.82) is 0 Å². The number of phenols is 1. The van der Waals surface area contributed by atoms with Crippen LogP contribution in [0.4, 0.5) is 0 Å². The summed E-state index contributed by atoms with van der Waals surface area (Å²) in [5.41, 5.74) is 6.29. The first-order valence-corrected chi connectivity index (χ1v) is 11.7. The van der Waals surface area contributed by atoms with Gasteiger partial charge in [0.15, 0.2) is 0 Å². The lowest BCUT2D eigenvalue weighted by molar-refractivity contribution is -0.141. The summed E-state index contributed by atoms with van der Waals surface area (Å²) in [7, 11) is 0. The minimum atomic E-state index is -1.27. The average Bonchev–Trinajstić information content (AvgIpc) is 2.76. The second-order valence-corrected chi connectivity index (χ2v) is 8.59. The number of aliphatic hydroxyl groups is 1. The molecule has 5 atom stereocenters.